The Labute approximate surface area is 132 Å². The molecule has 0 aliphatic carbocycles. The third-order valence-electron chi connectivity index (χ3n) is 3.52. The van der Waals surface area contributed by atoms with Gasteiger partial charge in [-0.25, -0.2) is 9.78 Å². The number of hydrogen-bond acceptors (Lipinski definition) is 4. The largest absolute Gasteiger partial charge is 0.433 e. The molecule has 3 aromatic rings. The summed E-state index contributed by atoms with van der Waals surface area (Å²) in [7, 11) is 1.27. The zero-order valence-electron chi connectivity index (χ0n) is 12.4. The van der Waals surface area contributed by atoms with Crippen molar-refractivity contribution < 1.29 is 13.2 Å². The predicted octanol–water partition coefficient (Wildman–Crippen LogP) is 1.56. The molecular weight excluding hydrogens is 325 g/mol. The van der Waals surface area contributed by atoms with Crippen LogP contribution in [-0.4, -0.2) is 19.1 Å². The highest BCUT2D eigenvalue weighted by Gasteiger charge is 2.33. The lowest BCUT2D eigenvalue weighted by atomic mass is 10.2. The number of fused-ring (bicyclic) bond motifs is 1. The van der Waals surface area contributed by atoms with E-state index in [1.807, 2.05) is 0 Å². The number of aromatic nitrogens is 4. The van der Waals surface area contributed by atoms with Crippen molar-refractivity contribution in [2.45, 2.75) is 12.7 Å². The maximum Gasteiger partial charge on any atom is 0.433 e. The monoisotopic (exact) mass is 336 g/mol. The number of aryl methyl sites for hydroxylation is 1. The summed E-state index contributed by atoms with van der Waals surface area (Å²) in [5.41, 5.74) is -2.45. The minimum atomic E-state index is -4.66. The van der Waals surface area contributed by atoms with Gasteiger partial charge in [-0.05, 0) is 24.3 Å². The van der Waals surface area contributed by atoms with Crippen LogP contribution in [0.4, 0.5) is 13.2 Å². The van der Waals surface area contributed by atoms with Gasteiger partial charge in [0.2, 0.25) is 0 Å². The van der Waals surface area contributed by atoms with Gasteiger partial charge >= 0.3 is 11.9 Å². The first kappa shape index (κ1) is 15.9. The van der Waals surface area contributed by atoms with Gasteiger partial charge in [0.1, 0.15) is 11.3 Å². The van der Waals surface area contributed by atoms with Crippen LogP contribution in [0.2, 0.25) is 0 Å². The second kappa shape index (κ2) is 5.59. The molecule has 24 heavy (non-hydrogen) atoms. The molecule has 0 N–H and O–H groups in total. The molecule has 0 aliphatic rings. The summed E-state index contributed by atoms with van der Waals surface area (Å²) < 4.78 is 40.2. The summed E-state index contributed by atoms with van der Waals surface area (Å²) in [4.78, 5) is 32.3. The summed E-state index contributed by atoms with van der Waals surface area (Å²) in [5, 5.41) is -0.0685. The Hall–Kier alpha value is -2.97. The Balaban J connectivity index is 2.24. The molecule has 0 aromatic carbocycles. The second-order valence-corrected chi connectivity index (χ2v) is 5.12. The van der Waals surface area contributed by atoms with Crippen molar-refractivity contribution >= 4 is 11.0 Å². The third kappa shape index (κ3) is 2.68. The van der Waals surface area contributed by atoms with Gasteiger partial charge in [-0.3, -0.25) is 18.9 Å². The van der Waals surface area contributed by atoms with Crippen LogP contribution in [0.25, 0.3) is 11.0 Å². The summed E-state index contributed by atoms with van der Waals surface area (Å²) in [5.74, 6) is 0. The van der Waals surface area contributed by atoms with E-state index in [0.29, 0.717) is 5.69 Å². The first-order valence-electron chi connectivity index (χ1n) is 6.86. The van der Waals surface area contributed by atoms with Gasteiger partial charge < -0.3 is 0 Å². The molecule has 0 saturated carbocycles. The smallest absolute Gasteiger partial charge is 0.280 e. The van der Waals surface area contributed by atoms with Gasteiger partial charge in [0.05, 0.1) is 17.6 Å². The van der Waals surface area contributed by atoms with E-state index in [-0.39, 0.29) is 17.6 Å². The van der Waals surface area contributed by atoms with Crippen LogP contribution in [0.3, 0.4) is 0 Å². The topological polar surface area (TPSA) is 69.8 Å². The molecule has 0 saturated heterocycles. The lowest BCUT2D eigenvalue weighted by molar-refractivity contribution is -0.141. The Morgan fingerprint density at radius 1 is 1.12 bits per heavy atom. The van der Waals surface area contributed by atoms with Gasteiger partial charge in [0.15, 0.2) is 0 Å². The van der Waals surface area contributed by atoms with Gasteiger partial charge in [-0.15, -0.1) is 0 Å². The number of hydrogen-bond donors (Lipinski definition) is 0. The Bertz CT molecular complexity index is 1020. The zero-order chi connectivity index (χ0) is 17.5. The summed E-state index contributed by atoms with van der Waals surface area (Å²) in [6, 6.07) is 6.78. The summed E-state index contributed by atoms with van der Waals surface area (Å²) in [6.07, 6.45) is -3.14. The van der Waals surface area contributed by atoms with E-state index in [9.17, 15) is 22.8 Å². The maximum absolute atomic E-state index is 12.8. The van der Waals surface area contributed by atoms with E-state index in [4.69, 9.17) is 0 Å². The standard InChI is InChI=1S/C15H11F3N4O2/c1-21-12-10(5-6-11(20-12)15(16,17)18)13(23)22(14(21)24)8-9-4-2-3-7-19-9/h2-7H,8H2,1H3. The van der Waals surface area contributed by atoms with Crippen LogP contribution in [0, 0.1) is 0 Å². The van der Waals surface area contributed by atoms with E-state index >= 15 is 0 Å². The number of nitrogens with zero attached hydrogens (tertiary/aromatic N) is 4. The first-order valence-corrected chi connectivity index (χ1v) is 6.86. The Morgan fingerprint density at radius 3 is 2.50 bits per heavy atom. The molecule has 3 aromatic heterocycles. The highest BCUT2D eigenvalue weighted by Crippen LogP contribution is 2.28. The Morgan fingerprint density at radius 2 is 1.88 bits per heavy atom. The molecule has 0 spiro atoms. The van der Waals surface area contributed by atoms with E-state index in [0.717, 1.165) is 21.3 Å². The van der Waals surface area contributed by atoms with Crippen LogP contribution in [0.5, 0.6) is 0 Å². The van der Waals surface area contributed by atoms with Crippen molar-refractivity contribution in [2.24, 2.45) is 7.05 Å². The number of rotatable bonds is 2. The highest BCUT2D eigenvalue weighted by molar-refractivity contribution is 5.74. The lowest BCUT2D eigenvalue weighted by Crippen LogP contribution is -2.40. The number of pyridine rings is 2. The van der Waals surface area contributed by atoms with Crippen molar-refractivity contribution in [3.05, 3.63) is 68.8 Å². The predicted molar refractivity (Wildman–Crippen MR) is 79.6 cm³/mol. The van der Waals surface area contributed by atoms with Crippen LogP contribution in [0.15, 0.2) is 46.1 Å². The molecule has 3 rings (SSSR count). The molecule has 0 fully saturated rings. The third-order valence-corrected chi connectivity index (χ3v) is 3.52. The van der Waals surface area contributed by atoms with Crippen molar-refractivity contribution in [1.82, 2.24) is 19.1 Å². The normalized spacial score (nSPS) is 11.8. The molecule has 124 valence electrons. The maximum atomic E-state index is 12.8. The van der Waals surface area contributed by atoms with Gasteiger partial charge in [0, 0.05) is 13.2 Å². The van der Waals surface area contributed by atoms with Crippen LogP contribution in [-0.2, 0) is 19.8 Å². The molecule has 0 atom stereocenters. The molecule has 0 amide bonds. The Kier molecular flexibility index (Phi) is 3.70. The van der Waals surface area contributed by atoms with Crippen molar-refractivity contribution in [2.75, 3.05) is 0 Å². The lowest BCUT2D eigenvalue weighted by Gasteiger charge is -2.12. The fourth-order valence-corrected chi connectivity index (χ4v) is 2.33. The molecule has 0 aliphatic heterocycles. The second-order valence-electron chi connectivity index (χ2n) is 5.12. The zero-order valence-corrected chi connectivity index (χ0v) is 12.4. The molecule has 0 unspecified atom stereocenters. The van der Waals surface area contributed by atoms with Crippen LogP contribution >= 0.6 is 0 Å². The van der Waals surface area contributed by atoms with E-state index in [2.05, 4.69) is 9.97 Å². The minimum Gasteiger partial charge on any atom is -0.280 e. The van der Waals surface area contributed by atoms with E-state index in [1.54, 1.807) is 18.2 Å². The SMILES string of the molecule is Cn1c(=O)n(Cc2ccccn2)c(=O)c2ccc(C(F)(F)F)nc21. The molecule has 0 bridgehead atoms. The van der Waals surface area contributed by atoms with Gasteiger partial charge in [0.25, 0.3) is 5.56 Å². The fourth-order valence-electron chi connectivity index (χ4n) is 2.33. The number of halogens is 3. The number of alkyl halides is 3. The van der Waals surface area contributed by atoms with Crippen LogP contribution < -0.4 is 11.2 Å². The molecular formula is C15H11F3N4O2. The average Bonchev–Trinajstić information content (AvgIpc) is 2.56. The molecule has 6 nitrogen and oxygen atoms in total. The van der Waals surface area contributed by atoms with E-state index in [1.165, 1.54) is 13.2 Å². The van der Waals surface area contributed by atoms with Gasteiger partial charge in [-0.2, -0.15) is 13.2 Å². The highest BCUT2D eigenvalue weighted by atomic mass is 19.4. The summed E-state index contributed by atoms with van der Waals surface area (Å²) in [6.45, 7) is -0.0801. The molecule has 3 heterocycles. The molecule has 9 heteroatoms. The molecule has 0 radical (unpaired) electrons. The van der Waals surface area contributed by atoms with Crippen LogP contribution in [0.1, 0.15) is 11.4 Å². The summed E-state index contributed by atoms with van der Waals surface area (Å²) >= 11 is 0. The van der Waals surface area contributed by atoms with Crippen molar-refractivity contribution in [1.29, 1.82) is 0 Å². The first-order chi connectivity index (χ1) is 11.3. The van der Waals surface area contributed by atoms with Crippen molar-refractivity contribution in [3.8, 4) is 0 Å². The quantitative estimate of drug-likeness (QED) is 0.712. The van der Waals surface area contributed by atoms with Crippen molar-refractivity contribution in [3.63, 3.8) is 0 Å². The fraction of sp³-hybridized carbons (Fsp3) is 0.200. The average molecular weight is 336 g/mol. The van der Waals surface area contributed by atoms with E-state index < -0.39 is 23.1 Å². The van der Waals surface area contributed by atoms with Gasteiger partial charge in [-0.1, -0.05) is 6.07 Å². The minimum absolute atomic E-state index is 0.0685.